The Morgan fingerprint density at radius 2 is 2.06 bits per heavy atom. The van der Waals surface area contributed by atoms with Crippen molar-refractivity contribution in [1.29, 1.82) is 0 Å². The lowest BCUT2D eigenvalue weighted by Gasteiger charge is -2.36. The van der Waals surface area contributed by atoms with Crippen LogP contribution in [0.1, 0.15) is 32.6 Å². The molecule has 0 saturated carbocycles. The number of ether oxygens (including phenoxy) is 1. The largest absolute Gasteiger partial charge is 0.481 e. The van der Waals surface area contributed by atoms with Crippen molar-refractivity contribution in [1.82, 2.24) is 4.90 Å². The normalized spacial score (nSPS) is 33.1. The average molecular weight is 227 g/mol. The van der Waals surface area contributed by atoms with Crippen molar-refractivity contribution in [3.05, 3.63) is 0 Å². The Balaban J connectivity index is 1.78. The number of nitrogens with zero attached hydrogens (tertiary/aromatic N) is 1. The second-order valence-corrected chi connectivity index (χ2v) is 5.01. The van der Waals surface area contributed by atoms with Gasteiger partial charge >= 0.3 is 5.97 Å². The molecule has 0 aromatic heterocycles. The van der Waals surface area contributed by atoms with Crippen molar-refractivity contribution in [2.75, 3.05) is 19.7 Å². The highest BCUT2D eigenvalue weighted by Gasteiger charge is 2.32. The number of carbonyl (C=O) groups is 1. The van der Waals surface area contributed by atoms with E-state index in [2.05, 4.69) is 11.8 Å². The first-order chi connectivity index (χ1) is 7.66. The van der Waals surface area contributed by atoms with Crippen molar-refractivity contribution >= 4 is 5.97 Å². The fourth-order valence-electron chi connectivity index (χ4n) is 2.94. The molecule has 4 heteroatoms. The van der Waals surface area contributed by atoms with Crippen LogP contribution >= 0.6 is 0 Å². The van der Waals surface area contributed by atoms with Crippen LogP contribution in [0.3, 0.4) is 0 Å². The summed E-state index contributed by atoms with van der Waals surface area (Å²) < 4.78 is 5.57. The molecule has 0 bridgehead atoms. The number of hydrogen-bond acceptors (Lipinski definition) is 3. The molecular weight excluding hydrogens is 206 g/mol. The van der Waals surface area contributed by atoms with Crippen molar-refractivity contribution in [2.24, 2.45) is 5.92 Å². The molecule has 2 heterocycles. The van der Waals surface area contributed by atoms with Crippen molar-refractivity contribution in [3.8, 4) is 0 Å². The molecule has 0 amide bonds. The van der Waals surface area contributed by atoms with Gasteiger partial charge in [0.2, 0.25) is 0 Å². The molecule has 4 nitrogen and oxygen atoms in total. The third-order valence-corrected chi connectivity index (χ3v) is 3.92. The fourth-order valence-corrected chi connectivity index (χ4v) is 2.94. The number of aliphatic carboxylic acids is 1. The highest BCUT2D eigenvalue weighted by molar-refractivity contribution is 5.67. The molecular formula is C12H21NO3. The lowest BCUT2D eigenvalue weighted by molar-refractivity contribution is -0.138. The van der Waals surface area contributed by atoms with Gasteiger partial charge in [0, 0.05) is 19.1 Å². The Bertz CT molecular complexity index is 249. The van der Waals surface area contributed by atoms with E-state index in [9.17, 15) is 4.79 Å². The molecule has 2 aliphatic heterocycles. The molecule has 0 aromatic rings. The number of carboxylic acid groups (broad SMARTS) is 1. The summed E-state index contributed by atoms with van der Waals surface area (Å²) in [6.07, 6.45) is 3.86. The topological polar surface area (TPSA) is 49.8 Å². The van der Waals surface area contributed by atoms with Crippen LogP contribution in [0.15, 0.2) is 0 Å². The van der Waals surface area contributed by atoms with E-state index < -0.39 is 5.97 Å². The minimum Gasteiger partial charge on any atom is -0.481 e. The van der Waals surface area contributed by atoms with Gasteiger partial charge in [-0.2, -0.15) is 0 Å². The van der Waals surface area contributed by atoms with Crippen molar-refractivity contribution < 1.29 is 14.6 Å². The van der Waals surface area contributed by atoms with E-state index in [0.717, 1.165) is 39.0 Å². The Kier molecular flexibility index (Phi) is 3.82. The lowest BCUT2D eigenvalue weighted by atomic mass is 9.92. The number of hydrogen-bond donors (Lipinski definition) is 1. The summed E-state index contributed by atoms with van der Waals surface area (Å²) in [6, 6.07) is 0.561. The summed E-state index contributed by atoms with van der Waals surface area (Å²) in [7, 11) is 0. The summed E-state index contributed by atoms with van der Waals surface area (Å²) in [5.41, 5.74) is 0. The fraction of sp³-hybridized carbons (Fsp3) is 0.917. The second kappa shape index (κ2) is 5.15. The average Bonchev–Trinajstić information content (AvgIpc) is 2.65. The predicted octanol–water partition coefficient (Wildman–Crippen LogP) is 1.35. The van der Waals surface area contributed by atoms with Gasteiger partial charge in [0.1, 0.15) is 0 Å². The van der Waals surface area contributed by atoms with E-state index in [1.807, 2.05) is 0 Å². The lowest BCUT2D eigenvalue weighted by Crippen LogP contribution is -2.44. The van der Waals surface area contributed by atoms with E-state index in [4.69, 9.17) is 9.84 Å². The summed E-state index contributed by atoms with van der Waals surface area (Å²) in [5, 5.41) is 8.75. The number of carboxylic acids is 1. The molecule has 2 fully saturated rings. The quantitative estimate of drug-likeness (QED) is 0.790. The molecule has 2 saturated heterocycles. The van der Waals surface area contributed by atoms with Crippen LogP contribution in [0.5, 0.6) is 0 Å². The van der Waals surface area contributed by atoms with Gasteiger partial charge in [-0.3, -0.25) is 9.69 Å². The van der Waals surface area contributed by atoms with E-state index >= 15 is 0 Å². The van der Waals surface area contributed by atoms with E-state index in [0.29, 0.717) is 24.5 Å². The number of likely N-dealkylation sites (tertiary alicyclic amines) is 1. The SMILES string of the molecule is CC1OCCC1N1CCC(CC(=O)O)CC1. The molecule has 92 valence electrons. The van der Waals surface area contributed by atoms with Gasteiger partial charge in [-0.25, -0.2) is 0 Å². The first-order valence-corrected chi connectivity index (χ1v) is 6.24. The van der Waals surface area contributed by atoms with Gasteiger partial charge in [-0.15, -0.1) is 0 Å². The minimum absolute atomic E-state index is 0.338. The summed E-state index contributed by atoms with van der Waals surface area (Å²) in [5.74, 6) is -0.276. The van der Waals surface area contributed by atoms with Gasteiger partial charge in [0.15, 0.2) is 0 Å². The van der Waals surface area contributed by atoms with Crippen LogP contribution in [0.2, 0.25) is 0 Å². The Morgan fingerprint density at radius 3 is 2.56 bits per heavy atom. The van der Waals surface area contributed by atoms with Crippen molar-refractivity contribution in [3.63, 3.8) is 0 Å². The number of rotatable bonds is 3. The van der Waals surface area contributed by atoms with E-state index in [1.54, 1.807) is 0 Å². The third-order valence-electron chi connectivity index (χ3n) is 3.92. The maximum absolute atomic E-state index is 10.6. The molecule has 2 rings (SSSR count). The second-order valence-electron chi connectivity index (χ2n) is 5.01. The van der Waals surface area contributed by atoms with Crippen LogP contribution in [-0.2, 0) is 9.53 Å². The molecule has 0 radical (unpaired) electrons. The first kappa shape index (κ1) is 11.9. The smallest absolute Gasteiger partial charge is 0.303 e. The van der Waals surface area contributed by atoms with Gasteiger partial charge in [-0.05, 0) is 45.2 Å². The maximum atomic E-state index is 10.6. The molecule has 16 heavy (non-hydrogen) atoms. The molecule has 2 atom stereocenters. The van der Waals surface area contributed by atoms with Crippen LogP contribution in [0.4, 0.5) is 0 Å². The highest BCUT2D eigenvalue weighted by Crippen LogP contribution is 2.26. The first-order valence-electron chi connectivity index (χ1n) is 6.24. The van der Waals surface area contributed by atoms with E-state index in [1.165, 1.54) is 0 Å². The Labute approximate surface area is 96.6 Å². The Morgan fingerprint density at radius 1 is 1.38 bits per heavy atom. The minimum atomic E-state index is -0.656. The molecule has 2 unspecified atom stereocenters. The standard InChI is InChI=1S/C12H21NO3/c1-9-11(4-7-16-9)13-5-2-10(3-6-13)8-12(14)15/h9-11H,2-8H2,1H3,(H,14,15). The number of piperidine rings is 1. The van der Waals surface area contributed by atoms with E-state index in [-0.39, 0.29) is 0 Å². The summed E-state index contributed by atoms with van der Waals surface area (Å²) in [6.45, 7) is 5.09. The van der Waals surface area contributed by atoms with Gasteiger partial charge in [0.05, 0.1) is 6.10 Å². The molecule has 0 aliphatic carbocycles. The third kappa shape index (κ3) is 2.74. The molecule has 1 N–H and O–H groups in total. The monoisotopic (exact) mass is 227 g/mol. The van der Waals surface area contributed by atoms with Crippen LogP contribution in [-0.4, -0.2) is 47.8 Å². The molecule has 2 aliphatic rings. The van der Waals surface area contributed by atoms with Crippen LogP contribution in [0, 0.1) is 5.92 Å². The zero-order valence-corrected chi connectivity index (χ0v) is 9.89. The van der Waals surface area contributed by atoms with Crippen molar-refractivity contribution in [2.45, 2.75) is 44.8 Å². The van der Waals surface area contributed by atoms with Crippen LogP contribution in [0.25, 0.3) is 0 Å². The Hall–Kier alpha value is -0.610. The van der Waals surface area contributed by atoms with Gasteiger partial charge in [0.25, 0.3) is 0 Å². The zero-order valence-electron chi connectivity index (χ0n) is 9.89. The summed E-state index contributed by atoms with van der Waals surface area (Å²) >= 11 is 0. The van der Waals surface area contributed by atoms with Gasteiger partial charge < -0.3 is 9.84 Å². The van der Waals surface area contributed by atoms with Gasteiger partial charge in [-0.1, -0.05) is 0 Å². The zero-order chi connectivity index (χ0) is 11.5. The van der Waals surface area contributed by atoms with Crippen LogP contribution < -0.4 is 0 Å². The molecule has 0 aromatic carbocycles. The maximum Gasteiger partial charge on any atom is 0.303 e. The highest BCUT2D eigenvalue weighted by atomic mass is 16.5. The predicted molar refractivity (Wildman–Crippen MR) is 60.4 cm³/mol. The molecule has 0 spiro atoms. The summed E-state index contributed by atoms with van der Waals surface area (Å²) in [4.78, 5) is 13.1.